The van der Waals surface area contributed by atoms with Gasteiger partial charge in [-0.1, -0.05) is 6.42 Å². The zero-order chi connectivity index (χ0) is 92.8. The summed E-state index contributed by atoms with van der Waals surface area (Å²) in [5, 5.41) is 132. The van der Waals surface area contributed by atoms with Gasteiger partial charge < -0.3 is 176 Å². The van der Waals surface area contributed by atoms with E-state index in [-0.39, 0.29) is 187 Å². The fraction of sp³-hybridized carbons (Fsp3) is 0.848. The van der Waals surface area contributed by atoms with Gasteiger partial charge in [0.05, 0.1) is 92.4 Å². The van der Waals surface area contributed by atoms with E-state index in [1.54, 1.807) is 0 Å². The van der Waals surface area contributed by atoms with Gasteiger partial charge in [0, 0.05) is 144 Å². The summed E-state index contributed by atoms with van der Waals surface area (Å²) in [5.41, 5.74) is 0. The Kier molecular flexibility index (Phi) is 61.6. The largest absolute Gasteiger partial charge is 0.396 e. The smallest absolute Gasteiger partial charge is 0.246 e. The van der Waals surface area contributed by atoms with Gasteiger partial charge in [-0.15, -0.1) is 0 Å². The molecule has 3 rings (SSSR count). The predicted molar refractivity (Wildman–Crippen MR) is 439 cm³/mol. The molecule has 0 radical (unpaired) electrons. The number of carbonyl (C=O) groups is 12. The number of aliphatic hydroxyl groups is 10. The average Bonchev–Trinajstić information content (AvgIpc) is 0.818. The molecule has 47 heteroatoms. The Morgan fingerprint density at radius 3 is 1.03 bits per heavy atom. The number of nitrogens with one attached hydrogen (secondary N) is 12. The minimum Gasteiger partial charge on any atom is -0.396 e. The number of hydrogen-bond donors (Lipinski definition) is 22. The average molecular weight is 1820 g/mol. The van der Waals surface area contributed by atoms with Crippen LogP contribution < -0.4 is 63.8 Å². The number of amides is 12. The third kappa shape index (κ3) is 50.6. The Bertz CT molecular complexity index is 3100. The quantitative estimate of drug-likeness (QED) is 0.0252. The first-order chi connectivity index (χ1) is 60.5. The maximum absolute atomic E-state index is 14.0. The van der Waals surface area contributed by atoms with Crippen molar-refractivity contribution in [2.75, 3.05) is 185 Å². The van der Waals surface area contributed by atoms with E-state index in [4.69, 9.17) is 61.6 Å². The molecule has 3 aliphatic heterocycles. The van der Waals surface area contributed by atoms with E-state index in [2.05, 4.69) is 63.8 Å². The Balaban J connectivity index is 1.48. The third-order valence-corrected chi connectivity index (χ3v) is 19.7. The number of methoxy groups -OCH3 is 1. The molecule has 3 fully saturated rings. The zero-order valence-corrected chi connectivity index (χ0v) is 72.9. The second kappa shape index (κ2) is 68.8. The first kappa shape index (κ1) is 113. The van der Waals surface area contributed by atoms with Crippen LogP contribution in [0.1, 0.15) is 136 Å². The van der Waals surface area contributed by atoms with E-state index < -0.39 is 197 Å². The van der Waals surface area contributed by atoms with Crippen molar-refractivity contribution in [2.45, 2.75) is 240 Å². The minimum absolute atomic E-state index is 0.0202. The van der Waals surface area contributed by atoms with Crippen LogP contribution in [0.4, 0.5) is 0 Å². The number of ether oxygens (including phenoxy) is 13. The second-order valence-electron chi connectivity index (χ2n) is 30.4. The number of unbranched alkanes of at least 4 members (excludes halogenated alkanes) is 6. The summed E-state index contributed by atoms with van der Waals surface area (Å²) in [7, 11) is 1.53. The predicted octanol–water partition coefficient (Wildman–Crippen LogP) is -8.97. The van der Waals surface area contributed by atoms with E-state index in [0.717, 1.165) is 0 Å². The summed E-state index contributed by atoms with van der Waals surface area (Å²) < 4.78 is 71.7. The van der Waals surface area contributed by atoms with Crippen LogP contribution in [-0.2, 0) is 119 Å². The molecule has 7 unspecified atom stereocenters. The van der Waals surface area contributed by atoms with Crippen LogP contribution in [0.3, 0.4) is 0 Å². The molecule has 0 aromatic rings. The Hall–Kier alpha value is -7.28. The molecule has 126 heavy (non-hydrogen) atoms. The molecule has 47 nitrogen and oxygen atoms in total. The van der Waals surface area contributed by atoms with Crippen molar-refractivity contribution in [3.63, 3.8) is 0 Å². The van der Waals surface area contributed by atoms with Gasteiger partial charge in [-0.25, -0.2) is 0 Å². The van der Waals surface area contributed by atoms with Gasteiger partial charge in [0.2, 0.25) is 70.9 Å². The first-order valence-electron chi connectivity index (χ1n) is 43.1. The maximum atomic E-state index is 14.0. The van der Waals surface area contributed by atoms with Crippen molar-refractivity contribution in [1.82, 2.24) is 63.8 Å². The number of carbonyl (C=O) groups excluding carboxylic acids is 12. The highest BCUT2D eigenvalue weighted by Crippen LogP contribution is 2.26. The van der Waals surface area contributed by atoms with E-state index in [9.17, 15) is 109 Å². The minimum atomic E-state index is -1.46. The van der Waals surface area contributed by atoms with Crippen LogP contribution >= 0.6 is 0 Å². The van der Waals surface area contributed by atoms with Crippen molar-refractivity contribution in [3.05, 3.63) is 0 Å². The van der Waals surface area contributed by atoms with Crippen LogP contribution in [0, 0.1) is 5.92 Å². The molecule has 0 aromatic heterocycles. The molecular formula is C79H142N12O35. The first-order valence-corrected chi connectivity index (χ1v) is 43.1. The normalized spacial score (nSPS) is 23.0. The number of aliphatic hydroxyl groups excluding tert-OH is 10. The van der Waals surface area contributed by atoms with Crippen molar-refractivity contribution < 1.29 is 170 Å². The van der Waals surface area contributed by atoms with Gasteiger partial charge in [-0.3, -0.25) is 57.5 Å². The van der Waals surface area contributed by atoms with Gasteiger partial charge >= 0.3 is 0 Å². The molecule has 18 atom stereocenters. The number of rotatable bonds is 72. The number of hydrogen-bond acceptors (Lipinski definition) is 35. The molecule has 3 heterocycles. The Morgan fingerprint density at radius 2 is 0.659 bits per heavy atom. The van der Waals surface area contributed by atoms with Crippen LogP contribution in [0.15, 0.2) is 0 Å². The van der Waals surface area contributed by atoms with Crippen molar-refractivity contribution in [1.29, 1.82) is 0 Å². The third-order valence-electron chi connectivity index (χ3n) is 19.7. The van der Waals surface area contributed by atoms with Crippen LogP contribution in [0.5, 0.6) is 0 Å². The van der Waals surface area contributed by atoms with E-state index >= 15 is 0 Å². The van der Waals surface area contributed by atoms with Gasteiger partial charge in [0.15, 0.2) is 18.9 Å². The zero-order valence-electron chi connectivity index (χ0n) is 72.9. The van der Waals surface area contributed by atoms with E-state index in [0.29, 0.717) is 90.3 Å². The Labute approximate surface area is 733 Å². The molecule has 0 bridgehead atoms. The van der Waals surface area contributed by atoms with Crippen LogP contribution in [-0.4, -0.2) is 411 Å². The summed E-state index contributed by atoms with van der Waals surface area (Å²) in [6.07, 6.45) is -10.3. The van der Waals surface area contributed by atoms with E-state index in [1.807, 2.05) is 0 Å². The SMILES string of the molecule is COCC(CO)CCCCNC(=O)C[C@H](CCC(=O)NCCOCCOCC(=O)NCCCCCO[C@@H]1OC(CO)[C@H](O)[C@H](O)C1NC(C)=O)NC(=O)C[C@H](CCC(=O)NCCOCCOCC(=O)NCCCCCO[C@@H]1OC(CO)[C@H](O)[C@H](O)C1NC(C)=O)NC(=O)CNC(=O)COCCOCCNC(=O)CCCCO[C@@H]1OC(CO)[C@H](O)[C@H](O)C1NC(C)=O. The summed E-state index contributed by atoms with van der Waals surface area (Å²) in [6.45, 7) is 2.73. The molecular weight excluding hydrogens is 1680 g/mol. The molecule has 0 aromatic carbocycles. The fourth-order valence-corrected chi connectivity index (χ4v) is 13.0. The summed E-state index contributed by atoms with van der Waals surface area (Å²) >= 11 is 0. The lowest BCUT2D eigenvalue weighted by atomic mass is 9.97. The molecule has 12 amide bonds. The monoisotopic (exact) mass is 1820 g/mol. The van der Waals surface area contributed by atoms with Crippen molar-refractivity contribution >= 4 is 70.9 Å². The van der Waals surface area contributed by atoms with Gasteiger partial charge in [-0.05, 0) is 77.0 Å². The molecule has 22 N–H and O–H groups in total. The molecule has 0 saturated carbocycles. The highest BCUT2D eigenvalue weighted by atomic mass is 16.7. The summed E-state index contributed by atoms with van der Waals surface area (Å²) in [4.78, 5) is 152. The highest BCUT2D eigenvalue weighted by molar-refractivity contribution is 5.86. The molecule has 0 spiro atoms. The fourth-order valence-electron chi connectivity index (χ4n) is 13.0. The lowest BCUT2D eigenvalue weighted by molar-refractivity contribution is -0.270. The maximum Gasteiger partial charge on any atom is 0.246 e. The summed E-state index contributed by atoms with van der Waals surface area (Å²) in [5.74, 6) is -6.00. The second-order valence-corrected chi connectivity index (χ2v) is 30.4. The topological polar surface area (TPSA) is 671 Å². The molecule has 3 saturated heterocycles. The van der Waals surface area contributed by atoms with Gasteiger partial charge in [0.25, 0.3) is 0 Å². The molecule has 0 aliphatic carbocycles. The summed E-state index contributed by atoms with van der Waals surface area (Å²) in [6, 6.07) is -5.16. The Morgan fingerprint density at radius 1 is 0.325 bits per heavy atom. The van der Waals surface area contributed by atoms with E-state index in [1.165, 1.54) is 27.9 Å². The van der Waals surface area contributed by atoms with Crippen molar-refractivity contribution in [2.24, 2.45) is 5.92 Å². The standard InChI is InChI=1S/C79H142N12O35/c1-50(96)87-68-74(111)71(108)56(43-93)124-77(68)121-27-12-5-9-21-81-65(105)47-118-36-33-116-31-25-84-60(100)19-17-54(39-62(102)80-23-11-7-15-53(42-92)46-114-4)90-63(103)40-55(18-20-61(101)85-26-32-117-34-37-119-48-66(106)82-22-10-6-13-28-122-78-69(88-51(2)97)75(112)72(109)57(44-94)125-78)91-64(104)41-86-67(107)49-120-38-35-115-30-24-83-59(99)16-8-14-29-123-79-70(89-52(3)98)76(113)73(110)58(45-95)126-79/h53-58,68-79,92-95,108-113H,5-49H2,1-4H3,(H,80,102)(H,81,105)(H,82,106)(H,83,99)(H,84,100)(H,85,101)(H,86,107)(H,87,96)(H,88,97)(H,89,98)(H,90,103)(H,91,104)/t53?,54-,55-,56?,57?,58?,68?,69?,70?,71-,72-,73-,74+,75+,76+,77+,78+,79+/m0/s1. The van der Waals surface area contributed by atoms with Gasteiger partial charge in [-0.2, -0.15) is 0 Å². The van der Waals surface area contributed by atoms with Crippen molar-refractivity contribution in [3.8, 4) is 0 Å². The lowest BCUT2D eigenvalue weighted by Gasteiger charge is -2.42. The highest BCUT2D eigenvalue weighted by Gasteiger charge is 2.48. The van der Waals surface area contributed by atoms with Gasteiger partial charge in [0.1, 0.15) is 92.9 Å². The molecule has 3 aliphatic rings. The van der Waals surface area contributed by atoms with Crippen LogP contribution in [0.25, 0.3) is 0 Å². The molecule has 728 valence electrons. The van der Waals surface area contributed by atoms with Crippen LogP contribution in [0.2, 0.25) is 0 Å². The lowest BCUT2D eigenvalue weighted by Crippen LogP contribution is -2.64.